The fourth-order valence-electron chi connectivity index (χ4n) is 1.98. The van der Waals surface area contributed by atoms with Gasteiger partial charge in [0.2, 0.25) is 0 Å². The predicted octanol–water partition coefficient (Wildman–Crippen LogP) is 1.40. The normalized spacial score (nSPS) is 10.2. The summed E-state index contributed by atoms with van der Waals surface area (Å²) < 4.78 is 1.54. The molecule has 0 saturated heterocycles. The Kier molecular flexibility index (Phi) is 5.73. The summed E-state index contributed by atoms with van der Waals surface area (Å²) in [6.07, 6.45) is 2.16. The number of hydrogen-bond donors (Lipinski definition) is 3. The van der Waals surface area contributed by atoms with E-state index in [0.717, 1.165) is 5.56 Å². The summed E-state index contributed by atoms with van der Waals surface area (Å²) in [5.74, 6) is 0. The Morgan fingerprint density at radius 3 is 2.64 bits per heavy atom. The molecule has 0 spiro atoms. The number of carbonyl (C=O) groups is 1. The number of aromatic nitrogens is 1. The molecule has 0 aliphatic rings. The van der Waals surface area contributed by atoms with Crippen LogP contribution in [0.1, 0.15) is 12.0 Å². The number of nitrogens with zero attached hydrogens (tertiary/aromatic N) is 1. The maximum atomic E-state index is 12.3. The first-order valence-corrected chi connectivity index (χ1v) is 7.10. The molecule has 3 N–H and O–H groups in total. The van der Waals surface area contributed by atoms with Crippen LogP contribution in [0.15, 0.2) is 53.5 Å². The van der Waals surface area contributed by atoms with E-state index in [9.17, 15) is 9.59 Å². The first-order chi connectivity index (χ1) is 10.7. The Labute approximate surface area is 128 Å². The molecule has 0 atom stereocenters. The van der Waals surface area contributed by atoms with Crippen LogP contribution in [-0.4, -0.2) is 28.9 Å². The van der Waals surface area contributed by atoms with Crippen LogP contribution in [0.2, 0.25) is 0 Å². The van der Waals surface area contributed by atoms with Crippen molar-refractivity contribution in [1.29, 1.82) is 0 Å². The van der Waals surface area contributed by atoms with Gasteiger partial charge in [0.05, 0.1) is 6.54 Å². The van der Waals surface area contributed by atoms with Gasteiger partial charge in [0.25, 0.3) is 5.56 Å². The van der Waals surface area contributed by atoms with E-state index in [1.165, 1.54) is 0 Å². The highest BCUT2D eigenvalue weighted by molar-refractivity contribution is 5.88. The standard InChI is InChI=1S/C16H19N3O3/c20-11-5-9-17-16(22)18-14-8-4-10-19(15(14)21)12-13-6-2-1-3-7-13/h1-4,6-8,10,20H,5,9,11-12H2,(H2,17,18,22). The zero-order valence-corrected chi connectivity index (χ0v) is 12.2. The van der Waals surface area contributed by atoms with Crippen LogP contribution in [-0.2, 0) is 6.54 Å². The van der Waals surface area contributed by atoms with Gasteiger partial charge in [-0.15, -0.1) is 0 Å². The summed E-state index contributed by atoms with van der Waals surface area (Å²) in [5.41, 5.74) is 0.970. The number of nitrogens with one attached hydrogen (secondary N) is 2. The molecular formula is C16H19N3O3. The molecular weight excluding hydrogens is 282 g/mol. The molecule has 6 heteroatoms. The van der Waals surface area contributed by atoms with E-state index in [1.807, 2.05) is 30.3 Å². The quantitative estimate of drug-likeness (QED) is 0.705. The van der Waals surface area contributed by atoms with Gasteiger partial charge in [-0.05, 0) is 24.1 Å². The fourth-order valence-corrected chi connectivity index (χ4v) is 1.98. The number of aliphatic hydroxyl groups is 1. The lowest BCUT2D eigenvalue weighted by molar-refractivity contribution is 0.249. The number of urea groups is 1. The van der Waals surface area contributed by atoms with Gasteiger partial charge in [-0.1, -0.05) is 30.3 Å². The van der Waals surface area contributed by atoms with Gasteiger partial charge in [0.1, 0.15) is 5.69 Å². The lowest BCUT2D eigenvalue weighted by Crippen LogP contribution is -2.33. The van der Waals surface area contributed by atoms with Gasteiger partial charge in [-0.25, -0.2) is 4.79 Å². The maximum Gasteiger partial charge on any atom is 0.319 e. The lowest BCUT2D eigenvalue weighted by atomic mass is 10.2. The summed E-state index contributed by atoms with van der Waals surface area (Å²) in [6, 6.07) is 12.4. The molecule has 1 heterocycles. The Balaban J connectivity index is 2.06. The maximum absolute atomic E-state index is 12.3. The average molecular weight is 301 g/mol. The minimum Gasteiger partial charge on any atom is -0.396 e. The van der Waals surface area contributed by atoms with Gasteiger partial charge in [0.15, 0.2) is 0 Å². The molecule has 0 bridgehead atoms. The van der Waals surface area contributed by atoms with Crippen molar-refractivity contribution in [2.75, 3.05) is 18.5 Å². The van der Waals surface area contributed by atoms with Crippen molar-refractivity contribution in [3.8, 4) is 0 Å². The molecule has 1 aromatic heterocycles. The molecule has 0 unspecified atom stereocenters. The number of carbonyl (C=O) groups excluding carboxylic acids is 1. The molecule has 1 aromatic carbocycles. The van der Waals surface area contributed by atoms with Crippen LogP contribution in [0.3, 0.4) is 0 Å². The van der Waals surface area contributed by atoms with E-state index in [2.05, 4.69) is 10.6 Å². The largest absolute Gasteiger partial charge is 0.396 e. The van der Waals surface area contributed by atoms with Gasteiger partial charge in [-0.3, -0.25) is 4.79 Å². The zero-order valence-electron chi connectivity index (χ0n) is 12.2. The highest BCUT2D eigenvalue weighted by atomic mass is 16.3. The number of benzene rings is 1. The number of pyridine rings is 1. The van der Waals surface area contributed by atoms with Crippen molar-refractivity contribution in [3.05, 3.63) is 64.6 Å². The average Bonchev–Trinajstić information content (AvgIpc) is 2.52. The fraction of sp³-hybridized carbons (Fsp3) is 0.250. The van der Waals surface area contributed by atoms with Crippen molar-refractivity contribution in [2.45, 2.75) is 13.0 Å². The molecule has 2 aromatic rings. The second-order valence-electron chi connectivity index (χ2n) is 4.80. The monoisotopic (exact) mass is 301 g/mol. The van der Waals surface area contributed by atoms with Crippen molar-refractivity contribution in [2.24, 2.45) is 0 Å². The van der Waals surface area contributed by atoms with Crippen molar-refractivity contribution in [1.82, 2.24) is 9.88 Å². The number of amides is 2. The number of anilines is 1. The van der Waals surface area contributed by atoms with Crippen LogP contribution in [0, 0.1) is 0 Å². The molecule has 0 fully saturated rings. The summed E-state index contributed by atoms with van der Waals surface area (Å²) in [6.45, 7) is 0.810. The number of aliphatic hydroxyl groups excluding tert-OH is 1. The second kappa shape index (κ2) is 7.99. The van der Waals surface area contributed by atoms with Crippen LogP contribution in [0.4, 0.5) is 10.5 Å². The smallest absolute Gasteiger partial charge is 0.319 e. The van der Waals surface area contributed by atoms with E-state index >= 15 is 0 Å². The highest BCUT2D eigenvalue weighted by Gasteiger charge is 2.07. The number of rotatable bonds is 6. The topological polar surface area (TPSA) is 83.4 Å². The van der Waals surface area contributed by atoms with Crippen molar-refractivity contribution < 1.29 is 9.90 Å². The van der Waals surface area contributed by atoms with Crippen LogP contribution >= 0.6 is 0 Å². The van der Waals surface area contributed by atoms with Gasteiger partial charge < -0.3 is 20.3 Å². The lowest BCUT2D eigenvalue weighted by Gasteiger charge is -2.10. The zero-order chi connectivity index (χ0) is 15.8. The second-order valence-corrected chi connectivity index (χ2v) is 4.80. The molecule has 0 radical (unpaired) electrons. The van der Waals surface area contributed by atoms with Crippen molar-refractivity contribution >= 4 is 11.7 Å². The van der Waals surface area contributed by atoms with Crippen molar-refractivity contribution in [3.63, 3.8) is 0 Å². The molecule has 2 amide bonds. The number of hydrogen-bond acceptors (Lipinski definition) is 3. The SMILES string of the molecule is O=C(NCCCO)Nc1cccn(Cc2ccccc2)c1=O. The minimum absolute atomic E-state index is 0.00942. The third-order valence-corrected chi connectivity index (χ3v) is 3.08. The van der Waals surface area contributed by atoms with E-state index in [1.54, 1.807) is 22.9 Å². The molecule has 6 nitrogen and oxygen atoms in total. The van der Waals surface area contributed by atoms with Gasteiger partial charge >= 0.3 is 6.03 Å². The van der Waals surface area contributed by atoms with E-state index in [0.29, 0.717) is 19.5 Å². The van der Waals surface area contributed by atoms with Gasteiger partial charge in [0, 0.05) is 19.3 Å². The highest BCUT2D eigenvalue weighted by Crippen LogP contribution is 2.03. The molecule has 0 aliphatic carbocycles. The first-order valence-electron chi connectivity index (χ1n) is 7.10. The third-order valence-electron chi connectivity index (χ3n) is 3.08. The Morgan fingerprint density at radius 1 is 1.14 bits per heavy atom. The van der Waals surface area contributed by atoms with Crippen LogP contribution < -0.4 is 16.2 Å². The molecule has 116 valence electrons. The predicted molar refractivity (Wildman–Crippen MR) is 85.0 cm³/mol. The molecule has 0 aliphatic heterocycles. The summed E-state index contributed by atoms with van der Waals surface area (Å²) in [7, 11) is 0. The summed E-state index contributed by atoms with van der Waals surface area (Å²) in [4.78, 5) is 24.0. The van der Waals surface area contributed by atoms with Crippen LogP contribution in [0.25, 0.3) is 0 Å². The van der Waals surface area contributed by atoms with Crippen LogP contribution in [0.5, 0.6) is 0 Å². The molecule has 2 rings (SSSR count). The molecule has 0 saturated carbocycles. The Hall–Kier alpha value is -2.60. The van der Waals surface area contributed by atoms with Gasteiger partial charge in [-0.2, -0.15) is 0 Å². The van der Waals surface area contributed by atoms with E-state index in [4.69, 9.17) is 5.11 Å². The minimum atomic E-state index is -0.456. The summed E-state index contributed by atoms with van der Waals surface area (Å²) >= 11 is 0. The Bertz CT molecular complexity index is 668. The van der Waals surface area contributed by atoms with E-state index in [-0.39, 0.29) is 17.9 Å². The van der Waals surface area contributed by atoms with E-state index < -0.39 is 6.03 Å². The third kappa shape index (κ3) is 4.46. The molecule has 22 heavy (non-hydrogen) atoms. The Morgan fingerprint density at radius 2 is 1.91 bits per heavy atom. The summed E-state index contributed by atoms with van der Waals surface area (Å²) in [5, 5.41) is 13.8. The first kappa shape index (κ1) is 15.8.